The molecule has 1 aromatic carbocycles. The zero-order valence-electron chi connectivity index (χ0n) is 15.0. The molecule has 0 atom stereocenters. The predicted octanol–water partition coefficient (Wildman–Crippen LogP) is 4.08. The van der Waals surface area contributed by atoms with Gasteiger partial charge in [0.2, 0.25) is 5.91 Å². The van der Waals surface area contributed by atoms with Crippen molar-refractivity contribution in [2.75, 3.05) is 18.4 Å². The van der Waals surface area contributed by atoms with E-state index in [9.17, 15) is 4.79 Å². The van der Waals surface area contributed by atoms with Crippen molar-refractivity contribution in [1.29, 1.82) is 0 Å². The lowest BCUT2D eigenvalue weighted by molar-refractivity contribution is -0.120. The van der Waals surface area contributed by atoms with Crippen molar-refractivity contribution < 1.29 is 4.79 Å². The van der Waals surface area contributed by atoms with E-state index >= 15 is 0 Å². The van der Waals surface area contributed by atoms with Gasteiger partial charge in [-0.15, -0.1) is 17.9 Å². The first-order valence-corrected chi connectivity index (χ1v) is 9.34. The van der Waals surface area contributed by atoms with Crippen molar-refractivity contribution in [2.24, 2.45) is 0 Å². The highest BCUT2D eigenvalue weighted by Gasteiger charge is 2.16. The van der Waals surface area contributed by atoms with Crippen LogP contribution in [-0.2, 0) is 4.79 Å². The van der Waals surface area contributed by atoms with Gasteiger partial charge in [0.15, 0.2) is 0 Å². The number of carbonyl (C=O) groups is 1. The topological polar surface area (TPSA) is 66.9 Å². The fourth-order valence-corrected chi connectivity index (χ4v) is 3.83. The number of aromatic nitrogens is 2. The molecule has 0 bridgehead atoms. The van der Waals surface area contributed by atoms with Crippen LogP contribution in [0.25, 0.3) is 21.3 Å². The Morgan fingerprint density at radius 1 is 1.23 bits per heavy atom. The molecule has 6 heteroatoms. The molecule has 5 nitrogen and oxygen atoms in total. The minimum absolute atomic E-state index is 0.0112. The lowest BCUT2D eigenvalue weighted by atomic mass is 10.0. The molecule has 3 aromatic rings. The number of hydrogen-bond donors (Lipinski definition) is 2. The molecule has 26 heavy (non-hydrogen) atoms. The Labute approximate surface area is 157 Å². The fourth-order valence-electron chi connectivity index (χ4n) is 2.81. The molecule has 3 rings (SSSR count). The van der Waals surface area contributed by atoms with E-state index in [1.165, 1.54) is 10.4 Å². The average molecular weight is 366 g/mol. The van der Waals surface area contributed by atoms with Crippen LogP contribution in [0.15, 0.2) is 43.2 Å². The number of carbonyl (C=O) groups excluding carboxylic acids is 1. The molecular formula is C20H22N4OS. The second-order valence-electron chi connectivity index (χ2n) is 6.07. The number of fused-ring (bicyclic) bond motifs is 1. The van der Waals surface area contributed by atoms with Crippen LogP contribution in [0.3, 0.4) is 0 Å². The van der Waals surface area contributed by atoms with Gasteiger partial charge in [0.1, 0.15) is 17.0 Å². The lowest BCUT2D eigenvalue weighted by Gasteiger charge is -2.09. The average Bonchev–Trinajstić information content (AvgIpc) is 2.97. The Balaban J connectivity index is 1.88. The van der Waals surface area contributed by atoms with Crippen molar-refractivity contribution in [1.82, 2.24) is 15.3 Å². The van der Waals surface area contributed by atoms with Crippen molar-refractivity contribution in [3.05, 3.63) is 53.7 Å². The summed E-state index contributed by atoms with van der Waals surface area (Å²) in [5.41, 5.74) is 3.54. The first-order chi connectivity index (χ1) is 12.6. The molecule has 1 amide bonds. The van der Waals surface area contributed by atoms with Crippen LogP contribution in [0.1, 0.15) is 16.9 Å². The van der Waals surface area contributed by atoms with Gasteiger partial charge in [-0.2, -0.15) is 0 Å². The van der Waals surface area contributed by atoms with Gasteiger partial charge in [0.25, 0.3) is 0 Å². The van der Waals surface area contributed by atoms with Crippen molar-refractivity contribution >= 4 is 33.3 Å². The molecule has 0 unspecified atom stereocenters. The van der Waals surface area contributed by atoms with Crippen LogP contribution in [0.4, 0.5) is 5.82 Å². The first kappa shape index (κ1) is 18.1. The summed E-state index contributed by atoms with van der Waals surface area (Å²) in [5.74, 6) is 0.759. The van der Waals surface area contributed by atoms with E-state index in [2.05, 4.69) is 65.3 Å². The predicted molar refractivity (Wildman–Crippen MR) is 109 cm³/mol. The SMILES string of the molecule is C=CCNC(=O)CCNc1ncnc2sc(C)c(-c3ccc(C)cc3)c12. The first-order valence-electron chi connectivity index (χ1n) is 8.52. The van der Waals surface area contributed by atoms with Gasteiger partial charge in [0.05, 0.1) is 5.39 Å². The molecule has 134 valence electrons. The molecule has 0 aliphatic carbocycles. The highest BCUT2D eigenvalue weighted by molar-refractivity contribution is 7.19. The van der Waals surface area contributed by atoms with E-state index in [1.54, 1.807) is 23.7 Å². The standard InChI is InChI=1S/C20H22N4OS/c1-4-10-21-16(25)9-11-22-19-18-17(15-7-5-13(2)6-8-15)14(3)26-20(18)24-12-23-19/h4-8,12H,1,9-11H2,2-3H3,(H,21,25)(H,22,23,24). The molecule has 0 radical (unpaired) electrons. The van der Waals surface area contributed by atoms with Crippen LogP contribution in [-0.4, -0.2) is 29.0 Å². The molecule has 0 fully saturated rings. The van der Waals surface area contributed by atoms with Gasteiger partial charge in [-0.3, -0.25) is 4.79 Å². The minimum atomic E-state index is -0.0112. The summed E-state index contributed by atoms with van der Waals surface area (Å²) in [6.45, 7) is 8.77. The summed E-state index contributed by atoms with van der Waals surface area (Å²) >= 11 is 1.66. The summed E-state index contributed by atoms with van der Waals surface area (Å²) in [7, 11) is 0. The van der Waals surface area contributed by atoms with Gasteiger partial charge < -0.3 is 10.6 Å². The third kappa shape index (κ3) is 3.91. The number of hydrogen-bond acceptors (Lipinski definition) is 5. The van der Waals surface area contributed by atoms with Crippen molar-refractivity contribution in [3.8, 4) is 11.1 Å². The zero-order chi connectivity index (χ0) is 18.5. The number of nitrogens with zero attached hydrogens (tertiary/aromatic N) is 2. The molecule has 0 spiro atoms. The molecule has 2 N–H and O–H groups in total. The fraction of sp³-hybridized carbons (Fsp3) is 0.250. The van der Waals surface area contributed by atoms with E-state index in [0.29, 0.717) is 19.5 Å². The van der Waals surface area contributed by atoms with E-state index in [0.717, 1.165) is 27.2 Å². The normalized spacial score (nSPS) is 10.7. The van der Waals surface area contributed by atoms with Gasteiger partial charge >= 0.3 is 0 Å². The van der Waals surface area contributed by atoms with Gasteiger partial charge in [-0.25, -0.2) is 9.97 Å². The quantitative estimate of drug-likeness (QED) is 0.618. The molecule has 2 aromatic heterocycles. The van der Waals surface area contributed by atoms with Gasteiger partial charge in [-0.05, 0) is 19.4 Å². The highest BCUT2D eigenvalue weighted by Crippen LogP contribution is 2.40. The lowest BCUT2D eigenvalue weighted by Crippen LogP contribution is -2.25. The van der Waals surface area contributed by atoms with Crippen LogP contribution >= 0.6 is 11.3 Å². The maximum Gasteiger partial charge on any atom is 0.222 e. The number of thiophene rings is 1. The number of amides is 1. The number of nitrogens with one attached hydrogen (secondary N) is 2. The van der Waals surface area contributed by atoms with Crippen molar-refractivity contribution in [3.63, 3.8) is 0 Å². The summed E-state index contributed by atoms with van der Waals surface area (Å²) in [5, 5.41) is 7.09. The Kier molecular flexibility index (Phi) is 5.63. The van der Waals surface area contributed by atoms with Crippen LogP contribution in [0.2, 0.25) is 0 Å². The van der Waals surface area contributed by atoms with E-state index in [-0.39, 0.29) is 5.91 Å². The molecule has 0 aliphatic heterocycles. The Bertz CT molecular complexity index is 931. The maximum absolute atomic E-state index is 11.8. The summed E-state index contributed by atoms with van der Waals surface area (Å²) in [6.07, 6.45) is 3.61. The smallest absolute Gasteiger partial charge is 0.222 e. The molecule has 0 aliphatic rings. The summed E-state index contributed by atoms with van der Waals surface area (Å²) in [4.78, 5) is 22.8. The monoisotopic (exact) mass is 366 g/mol. The van der Waals surface area contributed by atoms with Crippen LogP contribution in [0, 0.1) is 13.8 Å². The largest absolute Gasteiger partial charge is 0.369 e. The van der Waals surface area contributed by atoms with Crippen LogP contribution < -0.4 is 10.6 Å². The molecule has 0 saturated carbocycles. The Morgan fingerprint density at radius 3 is 2.73 bits per heavy atom. The van der Waals surface area contributed by atoms with E-state index < -0.39 is 0 Å². The number of rotatable bonds is 7. The molecule has 2 heterocycles. The van der Waals surface area contributed by atoms with E-state index in [4.69, 9.17) is 0 Å². The molecular weight excluding hydrogens is 344 g/mol. The second-order valence-corrected chi connectivity index (χ2v) is 7.27. The third-order valence-electron chi connectivity index (χ3n) is 4.09. The second kappa shape index (κ2) is 8.10. The number of benzene rings is 1. The Morgan fingerprint density at radius 2 is 2.00 bits per heavy atom. The third-order valence-corrected chi connectivity index (χ3v) is 5.11. The highest BCUT2D eigenvalue weighted by atomic mass is 32.1. The van der Waals surface area contributed by atoms with Crippen molar-refractivity contribution in [2.45, 2.75) is 20.3 Å². The Hall–Kier alpha value is -2.73. The summed E-state index contributed by atoms with van der Waals surface area (Å²) < 4.78 is 0. The molecule has 0 saturated heterocycles. The zero-order valence-corrected chi connectivity index (χ0v) is 15.8. The minimum Gasteiger partial charge on any atom is -0.369 e. The van der Waals surface area contributed by atoms with E-state index in [1.807, 2.05) is 0 Å². The maximum atomic E-state index is 11.8. The summed E-state index contributed by atoms with van der Waals surface area (Å²) in [6, 6.07) is 8.48. The van der Waals surface area contributed by atoms with Gasteiger partial charge in [-0.1, -0.05) is 35.9 Å². The number of aryl methyl sites for hydroxylation is 2. The van der Waals surface area contributed by atoms with Crippen LogP contribution in [0.5, 0.6) is 0 Å². The number of anilines is 1. The van der Waals surface area contributed by atoms with Gasteiger partial charge in [0, 0.05) is 30.0 Å².